The predicted octanol–water partition coefficient (Wildman–Crippen LogP) is 3.03. The van der Waals surface area contributed by atoms with Crippen LogP contribution in [0, 0.1) is 18.3 Å². The van der Waals surface area contributed by atoms with Crippen LogP contribution in [0.25, 0.3) is 11.4 Å². The van der Waals surface area contributed by atoms with Gasteiger partial charge < -0.3 is 5.73 Å². The van der Waals surface area contributed by atoms with Crippen LogP contribution in [0.1, 0.15) is 36.6 Å². The molecule has 0 aliphatic heterocycles. The minimum absolute atomic E-state index is 0.234. The van der Waals surface area contributed by atoms with Crippen LogP contribution in [0.2, 0.25) is 0 Å². The average Bonchev–Trinajstić information content (AvgIpc) is 2.38. The standard InChI is InChI=1S/C15H16N4/c1-9(2)11-4-6-12(7-5-11)15-18-10(3)13(8-16)14(17)19-15/h4-7,9H,1-3H3,(H2,17,18,19). The van der Waals surface area contributed by atoms with Gasteiger partial charge in [-0.25, -0.2) is 9.97 Å². The Morgan fingerprint density at radius 2 is 1.79 bits per heavy atom. The lowest BCUT2D eigenvalue weighted by atomic mass is 10.0. The van der Waals surface area contributed by atoms with E-state index in [0.717, 1.165) is 5.56 Å². The van der Waals surface area contributed by atoms with Crippen molar-refractivity contribution in [2.75, 3.05) is 5.73 Å². The molecule has 4 heteroatoms. The summed E-state index contributed by atoms with van der Waals surface area (Å²) >= 11 is 0. The number of hydrogen-bond acceptors (Lipinski definition) is 4. The molecule has 0 spiro atoms. The second kappa shape index (κ2) is 5.07. The van der Waals surface area contributed by atoms with Crippen molar-refractivity contribution < 1.29 is 0 Å². The maximum absolute atomic E-state index is 8.95. The zero-order valence-electron chi connectivity index (χ0n) is 11.3. The first-order valence-corrected chi connectivity index (χ1v) is 6.17. The Balaban J connectivity index is 2.45. The molecule has 0 saturated heterocycles. The molecule has 96 valence electrons. The molecule has 0 amide bonds. The Hall–Kier alpha value is -2.41. The Kier molecular flexibility index (Phi) is 3.48. The van der Waals surface area contributed by atoms with Gasteiger partial charge in [-0.2, -0.15) is 5.26 Å². The summed E-state index contributed by atoms with van der Waals surface area (Å²) < 4.78 is 0. The van der Waals surface area contributed by atoms with E-state index in [1.54, 1.807) is 6.92 Å². The molecule has 0 bridgehead atoms. The molecule has 1 heterocycles. The van der Waals surface area contributed by atoms with Crippen LogP contribution in [-0.2, 0) is 0 Å². The molecular weight excluding hydrogens is 236 g/mol. The highest BCUT2D eigenvalue weighted by atomic mass is 15.0. The van der Waals surface area contributed by atoms with Crippen molar-refractivity contribution in [3.05, 3.63) is 41.1 Å². The van der Waals surface area contributed by atoms with Gasteiger partial charge in [0.15, 0.2) is 5.82 Å². The predicted molar refractivity (Wildman–Crippen MR) is 75.4 cm³/mol. The van der Waals surface area contributed by atoms with Crippen LogP contribution in [0.15, 0.2) is 24.3 Å². The molecule has 4 nitrogen and oxygen atoms in total. The van der Waals surface area contributed by atoms with E-state index in [4.69, 9.17) is 11.0 Å². The van der Waals surface area contributed by atoms with Gasteiger partial charge in [-0.3, -0.25) is 0 Å². The zero-order chi connectivity index (χ0) is 14.0. The van der Waals surface area contributed by atoms with Crippen molar-refractivity contribution in [3.63, 3.8) is 0 Å². The summed E-state index contributed by atoms with van der Waals surface area (Å²) in [6.07, 6.45) is 0. The Labute approximate surface area is 112 Å². The molecule has 0 radical (unpaired) electrons. The highest BCUT2D eigenvalue weighted by Gasteiger charge is 2.10. The second-order valence-corrected chi connectivity index (χ2v) is 4.78. The summed E-state index contributed by atoms with van der Waals surface area (Å²) in [5, 5.41) is 8.95. The molecule has 0 aliphatic carbocycles. The van der Waals surface area contributed by atoms with Crippen molar-refractivity contribution in [3.8, 4) is 17.5 Å². The Morgan fingerprint density at radius 1 is 1.16 bits per heavy atom. The van der Waals surface area contributed by atoms with Gasteiger partial charge in [0.1, 0.15) is 17.5 Å². The summed E-state index contributed by atoms with van der Waals surface area (Å²) in [5.41, 5.74) is 8.91. The van der Waals surface area contributed by atoms with E-state index >= 15 is 0 Å². The van der Waals surface area contributed by atoms with E-state index < -0.39 is 0 Å². The monoisotopic (exact) mass is 252 g/mol. The number of nitriles is 1. The van der Waals surface area contributed by atoms with E-state index in [1.807, 2.05) is 18.2 Å². The lowest BCUT2D eigenvalue weighted by molar-refractivity contribution is 0.867. The number of anilines is 1. The molecule has 0 atom stereocenters. The molecule has 0 fully saturated rings. The first-order chi connectivity index (χ1) is 9.02. The Morgan fingerprint density at radius 3 is 2.26 bits per heavy atom. The van der Waals surface area contributed by atoms with Crippen molar-refractivity contribution >= 4 is 5.82 Å². The molecule has 2 rings (SSSR count). The van der Waals surface area contributed by atoms with Gasteiger partial charge in [0.2, 0.25) is 0 Å². The van der Waals surface area contributed by atoms with Gasteiger partial charge in [0, 0.05) is 5.56 Å². The van der Waals surface area contributed by atoms with Crippen LogP contribution in [0.4, 0.5) is 5.82 Å². The van der Waals surface area contributed by atoms with E-state index in [9.17, 15) is 0 Å². The fourth-order valence-corrected chi connectivity index (χ4v) is 1.88. The fourth-order valence-electron chi connectivity index (χ4n) is 1.88. The number of rotatable bonds is 2. The maximum Gasteiger partial charge on any atom is 0.161 e. The van der Waals surface area contributed by atoms with Crippen LogP contribution < -0.4 is 5.73 Å². The largest absolute Gasteiger partial charge is 0.382 e. The number of nitrogens with two attached hydrogens (primary N) is 1. The third-order valence-corrected chi connectivity index (χ3v) is 3.07. The van der Waals surface area contributed by atoms with Gasteiger partial charge in [0.25, 0.3) is 0 Å². The van der Waals surface area contributed by atoms with Gasteiger partial charge in [0.05, 0.1) is 5.69 Å². The molecular formula is C15H16N4. The van der Waals surface area contributed by atoms with E-state index in [-0.39, 0.29) is 5.82 Å². The fraction of sp³-hybridized carbons (Fsp3) is 0.267. The molecule has 19 heavy (non-hydrogen) atoms. The van der Waals surface area contributed by atoms with Crippen molar-refractivity contribution in [2.45, 2.75) is 26.7 Å². The number of benzene rings is 1. The van der Waals surface area contributed by atoms with Gasteiger partial charge in [-0.15, -0.1) is 0 Å². The third kappa shape index (κ3) is 2.55. The van der Waals surface area contributed by atoms with E-state index in [1.165, 1.54) is 5.56 Å². The lowest BCUT2D eigenvalue weighted by Crippen LogP contribution is -2.02. The van der Waals surface area contributed by atoms with Gasteiger partial charge in [-0.1, -0.05) is 38.1 Å². The summed E-state index contributed by atoms with van der Waals surface area (Å²) in [7, 11) is 0. The minimum atomic E-state index is 0.234. The summed E-state index contributed by atoms with van der Waals surface area (Å²) in [5.74, 6) is 1.28. The van der Waals surface area contributed by atoms with Crippen molar-refractivity contribution in [2.24, 2.45) is 0 Å². The normalized spacial score (nSPS) is 10.5. The average molecular weight is 252 g/mol. The topological polar surface area (TPSA) is 75.6 Å². The van der Waals surface area contributed by atoms with E-state index in [0.29, 0.717) is 23.0 Å². The molecule has 1 aromatic carbocycles. The van der Waals surface area contributed by atoms with Crippen LogP contribution in [0.3, 0.4) is 0 Å². The molecule has 2 aromatic rings. The van der Waals surface area contributed by atoms with Crippen molar-refractivity contribution in [1.29, 1.82) is 5.26 Å². The van der Waals surface area contributed by atoms with E-state index in [2.05, 4.69) is 35.9 Å². The lowest BCUT2D eigenvalue weighted by Gasteiger charge is -2.08. The van der Waals surface area contributed by atoms with Crippen molar-refractivity contribution in [1.82, 2.24) is 9.97 Å². The molecule has 0 unspecified atom stereocenters. The number of hydrogen-bond donors (Lipinski definition) is 1. The summed E-state index contributed by atoms with van der Waals surface area (Å²) in [4.78, 5) is 8.53. The van der Waals surface area contributed by atoms with Gasteiger partial charge in [-0.05, 0) is 18.4 Å². The maximum atomic E-state index is 8.95. The second-order valence-electron chi connectivity index (χ2n) is 4.78. The smallest absolute Gasteiger partial charge is 0.161 e. The first kappa shape index (κ1) is 13.0. The first-order valence-electron chi connectivity index (χ1n) is 6.17. The molecule has 0 aliphatic rings. The molecule has 0 saturated carbocycles. The SMILES string of the molecule is Cc1nc(-c2ccc(C(C)C)cc2)nc(N)c1C#N. The highest BCUT2D eigenvalue weighted by molar-refractivity contribution is 5.61. The summed E-state index contributed by atoms with van der Waals surface area (Å²) in [6.45, 7) is 6.06. The quantitative estimate of drug-likeness (QED) is 0.891. The van der Waals surface area contributed by atoms with Crippen LogP contribution in [0.5, 0.6) is 0 Å². The third-order valence-electron chi connectivity index (χ3n) is 3.07. The number of nitrogens with zero attached hydrogens (tertiary/aromatic N) is 3. The molecule has 1 aromatic heterocycles. The van der Waals surface area contributed by atoms with Gasteiger partial charge >= 0.3 is 0 Å². The number of nitrogen functional groups attached to an aromatic ring is 1. The number of aromatic nitrogens is 2. The zero-order valence-corrected chi connectivity index (χ0v) is 11.3. The molecule has 2 N–H and O–H groups in total. The van der Waals surface area contributed by atoms with Crippen LogP contribution in [-0.4, -0.2) is 9.97 Å². The Bertz CT molecular complexity index is 613. The van der Waals surface area contributed by atoms with Crippen LogP contribution >= 0.6 is 0 Å². The number of aryl methyl sites for hydroxylation is 1. The minimum Gasteiger partial charge on any atom is -0.382 e. The summed E-state index contributed by atoms with van der Waals surface area (Å²) in [6, 6.07) is 10.1. The highest BCUT2D eigenvalue weighted by Crippen LogP contribution is 2.22.